The van der Waals surface area contributed by atoms with Crippen LogP contribution in [-0.2, 0) is 9.53 Å². The van der Waals surface area contributed by atoms with E-state index in [4.69, 9.17) is 9.84 Å². The molecule has 0 saturated carbocycles. The Bertz CT molecular complexity index is 186. The minimum absolute atomic E-state index is 0. The quantitative estimate of drug-likeness (QED) is 0.356. The number of aliphatic hydroxyl groups is 1. The predicted octanol–water partition coefficient (Wildman–Crippen LogP) is 2.79. The number of carbonyl (C=O) groups excluding carboxylic acids is 1. The van der Waals surface area contributed by atoms with E-state index < -0.39 is 0 Å². The average Bonchev–Trinajstić information content (AvgIpc) is 2.30. The molecule has 0 spiro atoms. The van der Waals surface area contributed by atoms with Crippen LogP contribution in [0, 0.1) is 0 Å². The van der Waals surface area contributed by atoms with Crippen molar-refractivity contribution in [3.05, 3.63) is 0 Å². The topological polar surface area (TPSA) is 46.5 Å². The molecule has 0 bridgehead atoms. The molecule has 0 amide bonds. The van der Waals surface area contributed by atoms with Crippen molar-refractivity contribution in [2.45, 2.75) is 77.7 Å². The number of hydrogen-bond acceptors (Lipinski definition) is 3. The van der Waals surface area contributed by atoms with Gasteiger partial charge in [-0.1, -0.05) is 51.9 Å². The second kappa shape index (κ2) is 15.5. The summed E-state index contributed by atoms with van der Waals surface area (Å²) >= 11 is 0. The molecular formula is C14H29NaO3. The van der Waals surface area contributed by atoms with Gasteiger partial charge in [0.25, 0.3) is 0 Å². The van der Waals surface area contributed by atoms with Crippen LogP contribution in [0.25, 0.3) is 0 Å². The predicted molar refractivity (Wildman–Crippen MR) is 77.0 cm³/mol. The monoisotopic (exact) mass is 268 g/mol. The zero-order valence-corrected chi connectivity index (χ0v) is 11.4. The van der Waals surface area contributed by atoms with Crippen molar-refractivity contribution < 1.29 is 14.6 Å². The molecule has 0 aliphatic carbocycles. The Balaban J connectivity index is 0. The van der Waals surface area contributed by atoms with Crippen molar-refractivity contribution in [2.75, 3.05) is 6.61 Å². The van der Waals surface area contributed by atoms with Crippen molar-refractivity contribution in [1.82, 2.24) is 0 Å². The molecule has 18 heavy (non-hydrogen) atoms. The van der Waals surface area contributed by atoms with Crippen molar-refractivity contribution >= 4 is 35.5 Å². The van der Waals surface area contributed by atoms with Crippen LogP contribution in [0.2, 0.25) is 0 Å². The standard InChI is InChI=1S/C14H28O3.Na.H/c1-3-4-5-6-7-8-9-10-11-14(12-15)17-13(2)16;;/h14-15H,3-12H2,1-2H3;;. The Morgan fingerprint density at radius 3 is 2.00 bits per heavy atom. The first kappa shape index (κ1) is 20.7. The Hall–Kier alpha value is 0.430. The van der Waals surface area contributed by atoms with Crippen molar-refractivity contribution in [2.24, 2.45) is 0 Å². The molecule has 1 N–H and O–H groups in total. The molecule has 0 aliphatic heterocycles. The summed E-state index contributed by atoms with van der Waals surface area (Å²) in [6, 6.07) is 0. The van der Waals surface area contributed by atoms with Gasteiger partial charge < -0.3 is 9.84 Å². The molecule has 3 nitrogen and oxygen atoms in total. The first-order chi connectivity index (χ1) is 8.20. The molecule has 1 atom stereocenters. The molecular weight excluding hydrogens is 239 g/mol. The van der Waals surface area contributed by atoms with Crippen LogP contribution >= 0.6 is 0 Å². The molecule has 4 heteroatoms. The van der Waals surface area contributed by atoms with Gasteiger partial charge in [-0.05, 0) is 12.8 Å². The van der Waals surface area contributed by atoms with Gasteiger partial charge in [0.2, 0.25) is 0 Å². The molecule has 1 unspecified atom stereocenters. The van der Waals surface area contributed by atoms with Gasteiger partial charge in [-0.15, -0.1) is 0 Å². The van der Waals surface area contributed by atoms with Crippen LogP contribution in [-0.4, -0.2) is 53.3 Å². The molecule has 0 aromatic carbocycles. The van der Waals surface area contributed by atoms with Crippen molar-refractivity contribution in [1.29, 1.82) is 0 Å². The molecule has 0 aliphatic rings. The molecule has 0 radical (unpaired) electrons. The van der Waals surface area contributed by atoms with Gasteiger partial charge in [0.1, 0.15) is 6.10 Å². The summed E-state index contributed by atoms with van der Waals surface area (Å²) in [5, 5.41) is 9.00. The zero-order valence-electron chi connectivity index (χ0n) is 11.4. The maximum atomic E-state index is 10.7. The number of rotatable bonds is 11. The Kier molecular flexibility index (Phi) is 17.8. The Morgan fingerprint density at radius 2 is 1.56 bits per heavy atom. The molecule has 0 fully saturated rings. The number of esters is 1. The van der Waals surface area contributed by atoms with Crippen LogP contribution < -0.4 is 0 Å². The van der Waals surface area contributed by atoms with Crippen LogP contribution in [0.15, 0.2) is 0 Å². The van der Waals surface area contributed by atoms with Gasteiger partial charge in [0.05, 0.1) is 6.61 Å². The normalized spacial score (nSPS) is 11.7. The third-order valence-corrected chi connectivity index (χ3v) is 2.92. The number of ether oxygens (including phenoxy) is 1. The van der Waals surface area contributed by atoms with Gasteiger partial charge in [-0.2, -0.15) is 0 Å². The van der Waals surface area contributed by atoms with E-state index in [0.717, 1.165) is 12.8 Å². The van der Waals surface area contributed by atoms with E-state index in [0.29, 0.717) is 0 Å². The number of unbranched alkanes of at least 4 members (excludes halogenated alkanes) is 7. The summed E-state index contributed by atoms with van der Waals surface area (Å²) < 4.78 is 4.97. The van der Waals surface area contributed by atoms with E-state index in [1.54, 1.807) is 0 Å². The minimum atomic E-state index is -0.302. The summed E-state index contributed by atoms with van der Waals surface area (Å²) in [5.74, 6) is -0.302. The Labute approximate surface area is 134 Å². The van der Waals surface area contributed by atoms with Gasteiger partial charge in [-0.3, -0.25) is 4.79 Å². The van der Waals surface area contributed by atoms with Crippen LogP contribution in [0.1, 0.15) is 71.6 Å². The molecule has 0 heterocycles. The maximum absolute atomic E-state index is 10.7. The van der Waals surface area contributed by atoms with E-state index in [1.807, 2.05) is 0 Å². The van der Waals surface area contributed by atoms with E-state index >= 15 is 0 Å². The van der Waals surface area contributed by atoms with E-state index in [-0.39, 0.29) is 48.2 Å². The van der Waals surface area contributed by atoms with Crippen molar-refractivity contribution in [3.63, 3.8) is 0 Å². The summed E-state index contributed by atoms with van der Waals surface area (Å²) in [6.07, 6.45) is 10.6. The molecule has 0 aromatic heterocycles. The fourth-order valence-corrected chi connectivity index (χ4v) is 1.93. The van der Waals surface area contributed by atoms with Crippen molar-refractivity contribution in [3.8, 4) is 0 Å². The van der Waals surface area contributed by atoms with Crippen LogP contribution in [0.4, 0.5) is 0 Å². The number of aliphatic hydroxyl groups excluding tert-OH is 1. The fraction of sp³-hybridized carbons (Fsp3) is 0.929. The zero-order chi connectivity index (χ0) is 12.9. The summed E-state index contributed by atoms with van der Waals surface area (Å²) in [4.78, 5) is 10.7. The van der Waals surface area contributed by atoms with Gasteiger partial charge in [0.15, 0.2) is 0 Å². The summed E-state index contributed by atoms with van der Waals surface area (Å²) in [7, 11) is 0. The summed E-state index contributed by atoms with van der Waals surface area (Å²) in [6.45, 7) is 3.55. The summed E-state index contributed by atoms with van der Waals surface area (Å²) in [5.41, 5.74) is 0. The first-order valence-electron chi connectivity index (χ1n) is 6.98. The molecule has 0 aromatic rings. The van der Waals surface area contributed by atoms with Crippen LogP contribution in [0.3, 0.4) is 0 Å². The number of hydrogen-bond donors (Lipinski definition) is 1. The van der Waals surface area contributed by atoms with E-state index in [2.05, 4.69) is 6.92 Å². The Morgan fingerprint density at radius 1 is 1.06 bits per heavy atom. The average molecular weight is 268 g/mol. The van der Waals surface area contributed by atoms with Crippen LogP contribution in [0.5, 0.6) is 0 Å². The molecule has 0 saturated heterocycles. The third kappa shape index (κ3) is 14.5. The molecule has 104 valence electrons. The van der Waals surface area contributed by atoms with Gasteiger partial charge in [0, 0.05) is 6.92 Å². The first-order valence-corrected chi connectivity index (χ1v) is 6.98. The second-order valence-electron chi connectivity index (χ2n) is 4.68. The fourth-order valence-electron chi connectivity index (χ4n) is 1.93. The molecule has 0 rings (SSSR count). The van der Waals surface area contributed by atoms with E-state index in [9.17, 15) is 4.79 Å². The van der Waals surface area contributed by atoms with Gasteiger partial charge >= 0.3 is 35.5 Å². The third-order valence-electron chi connectivity index (χ3n) is 2.92. The van der Waals surface area contributed by atoms with Gasteiger partial charge in [-0.25, -0.2) is 0 Å². The van der Waals surface area contributed by atoms with E-state index in [1.165, 1.54) is 51.9 Å². The SMILES string of the molecule is CCCCCCCCCCC(CO)OC(C)=O.[NaH]. The number of carbonyl (C=O) groups is 1. The second-order valence-corrected chi connectivity index (χ2v) is 4.68.